The molecule has 1 amide bonds. The van der Waals surface area contributed by atoms with Crippen molar-refractivity contribution in [3.05, 3.63) is 46.4 Å². The van der Waals surface area contributed by atoms with Gasteiger partial charge < -0.3 is 15.5 Å². The van der Waals surface area contributed by atoms with Gasteiger partial charge in [0.25, 0.3) is 5.91 Å². The highest BCUT2D eigenvalue weighted by molar-refractivity contribution is 9.10. The molecule has 2 N–H and O–H groups in total. The van der Waals surface area contributed by atoms with Gasteiger partial charge in [-0.05, 0) is 50.5 Å². The zero-order valence-electron chi connectivity index (χ0n) is 12.5. The van der Waals surface area contributed by atoms with Crippen molar-refractivity contribution in [1.82, 2.24) is 15.1 Å². The number of benzene rings is 1. The lowest BCUT2D eigenvalue weighted by molar-refractivity contribution is 0.102. The van der Waals surface area contributed by atoms with Gasteiger partial charge in [-0.25, -0.2) is 0 Å². The SMILES string of the molecule is CN(C)CCNc1ccc(NC(=O)c2ccc(Br)cc2)nn1. The zero-order chi connectivity index (χ0) is 15.9. The molecule has 7 heteroatoms. The first-order chi connectivity index (χ1) is 10.5. The van der Waals surface area contributed by atoms with Gasteiger partial charge in [-0.15, -0.1) is 10.2 Å². The van der Waals surface area contributed by atoms with Crippen LogP contribution in [0.25, 0.3) is 0 Å². The fourth-order valence-electron chi connectivity index (χ4n) is 1.69. The highest BCUT2D eigenvalue weighted by atomic mass is 79.9. The zero-order valence-corrected chi connectivity index (χ0v) is 14.1. The number of carbonyl (C=O) groups is 1. The van der Waals surface area contributed by atoms with E-state index in [-0.39, 0.29) is 5.91 Å². The number of anilines is 2. The molecular formula is C15H18BrN5O. The highest BCUT2D eigenvalue weighted by Gasteiger charge is 2.07. The van der Waals surface area contributed by atoms with Crippen molar-refractivity contribution >= 4 is 33.5 Å². The quantitative estimate of drug-likeness (QED) is 0.824. The number of nitrogens with one attached hydrogen (secondary N) is 2. The van der Waals surface area contributed by atoms with Crippen LogP contribution in [-0.2, 0) is 0 Å². The second-order valence-electron chi connectivity index (χ2n) is 4.99. The highest BCUT2D eigenvalue weighted by Crippen LogP contribution is 2.12. The molecule has 116 valence electrons. The number of rotatable bonds is 6. The molecule has 1 aromatic carbocycles. The number of halogens is 1. The van der Waals surface area contributed by atoms with Crippen molar-refractivity contribution in [1.29, 1.82) is 0 Å². The standard InChI is InChI=1S/C15H18BrN5O/c1-21(2)10-9-17-13-7-8-14(20-19-13)18-15(22)11-3-5-12(16)6-4-11/h3-8H,9-10H2,1-2H3,(H,17,19)(H,18,20,22). The van der Waals surface area contributed by atoms with E-state index in [2.05, 4.69) is 41.7 Å². The molecule has 0 bridgehead atoms. The molecule has 0 aliphatic heterocycles. The Morgan fingerprint density at radius 2 is 1.73 bits per heavy atom. The minimum atomic E-state index is -0.213. The smallest absolute Gasteiger partial charge is 0.256 e. The predicted molar refractivity (Wildman–Crippen MR) is 91.2 cm³/mol. The van der Waals surface area contributed by atoms with E-state index >= 15 is 0 Å². The van der Waals surface area contributed by atoms with Gasteiger partial charge in [-0.3, -0.25) is 4.79 Å². The van der Waals surface area contributed by atoms with Gasteiger partial charge in [0.15, 0.2) is 5.82 Å². The third-order valence-electron chi connectivity index (χ3n) is 2.88. The number of hydrogen-bond donors (Lipinski definition) is 2. The Balaban J connectivity index is 1.90. The number of aromatic nitrogens is 2. The Bertz CT molecular complexity index is 613. The summed E-state index contributed by atoms with van der Waals surface area (Å²) in [6.07, 6.45) is 0. The van der Waals surface area contributed by atoms with Gasteiger partial charge >= 0.3 is 0 Å². The van der Waals surface area contributed by atoms with Crippen molar-refractivity contribution in [2.75, 3.05) is 37.8 Å². The van der Waals surface area contributed by atoms with Crippen LogP contribution in [-0.4, -0.2) is 48.2 Å². The van der Waals surface area contributed by atoms with Crippen LogP contribution in [0, 0.1) is 0 Å². The lowest BCUT2D eigenvalue weighted by Crippen LogP contribution is -2.21. The summed E-state index contributed by atoms with van der Waals surface area (Å²) < 4.78 is 0.928. The molecule has 0 aliphatic carbocycles. The third kappa shape index (κ3) is 5.09. The Morgan fingerprint density at radius 1 is 1.09 bits per heavy atom. The van der Waals surface area contributed by atoms with Crippen LogP contribution in [0.3, 0.4) is 0 Å². The molecule has 6 nitrogen and oxygen atoms in total. The average molecular weight is 364 g/mol. The van der Waals surface area contributed by atoms with Crippen molar-refractivity contribution in [2.45, 2.75) is 0 Å². The first-order valence-corrected chi connectivity index (χ1v) is 7.63. The van der Waals surface area contributed by atoms with Gasteiger partial charge in [0, 0.05) is 23.1 Å². The minimum Gasteiger partial charge on any atom is -0.367 e. The average Bonchev–Trinajstić information content (AvgIpc) is 2.49. The second-order valence-corrected chi connectivity index (χ2v) is 5.91. The number of amides is 1. The van der Waals surface area contributed by atoms with Gasteiger partial charge in [-0.2, -0.15) is 0 Å². The summed E-state index contributed by atoms with van der Waals surface area (Å²) in [7, 11) is 4.02. The van der Waals surface area contributed by atoms with Gasteiger partial charge in [0.1, 0.15) is 5.82 Å². The van der Waals surface area contributed by atoms with Crippen molar-refractivity contribution in [2.24, 2.45) is 0 Å². The van der Waals surface area contributed by atoms with E-state index < -0.39 is 0 Å². The number of hydrogen-bond acceptors (Lipinski definition) is 5. The summed E-state index contributed by atoms with van der Waals surface area (Å²) in [4.78, 5) is 14.1. The molecule has 0 aliphatic rings. The molecule has 1 aromatic heterocycles. The maximum atomic E-state index is 12.0. The van der Waals surface area contributed by atoms with Gasteiger partial charge in [-0.1, -0.05) is 15.9 Å². The molecule has 0 atom stereocenters. The summed E-state index contributed by atoms with van der Waals surface area (Å²) in [5, 5.41) is 13.9. The normalized spacial score (nSPS) is 10.5. The molecule has 2 aromatic rings. The van der Waals surface area contributed by atoms with E-state index in [4.69, 9.17) is 0 Å². The van der Waals surface area contributed by atoms with Gasteiger partial charge in [0.05, 0.1) is 0 Å². The van der Waals surface area contributed by atoms with E-state index in [9.17, 15) is 4.79 Å². The summed E-state index contributed by atoms with van der Waals surface area (Å²) in [6.45, 7) is 1.69. The van der Waals surface area contributed by atoms with Crippen LogP contribution in [0.5, 0.6) is 0 Å². The van der Waals surface area contributed by atoms with E-state index in [1.54, 1.807) is 24.3 Å². The van der Waals surface area contributed by atoms with Gasteiger partial charge in [0.2, 0.25) is 0 Å². The van der Waals surface area contributed by atoms with Crippen LogP contribution in [0.1, 0.15) is 10.4 Å². The lowest BCUT2D eigenvalue weighted by atomic mass is 10.2. The molecule has 22 heavy (non-hydrogen) atoms. The topological polar surface area (TPSA) is 70.2 Å². The van der Waals surface area contributed by atoms with E-state index in [0.717, 1.165) is 17.6 Å². The molecule has 0 unspecified atom stereocenters. The number of likely N-dealkylation sites (N-methyl/N-ethyl adjacent to an activating group) is 1. The summed E-state index contributed by atoms with van der Waals surface area (Å²) in [5.74, 6) is 0.893. The van der Waals surface area contributed by atoms with Crippen LogP contribution in [0.4, 0.5) is 11.6 Å². The fraction of sp³-hybridized carbons (Fsp3) is 0.267. The minimum absolute atomic E-state index is 0.213. The predicted octanol–water partition coefficient (Wildman–Crippen LogP) is 2.46. The Hall–Kier alpha value is -1.99. The van der Waals surface area contributed by atoms with E-state index in [1.807, 2.05) is 26.2 Å². The molecule has 0 saturated heterocycles. The maximum absolute atomic E-state index is 12.0. The molecule has 0 fully saturated rings. The monoisotopic (exact) mass is 363 g/mol. The first kappa shape index (κ1) is 16.4. The number of carbonyl (C=O) groups excluding carboxylic acids is 1. The third-order valence-corrected chi connectivity index (χ3v) is 3.41. The van der Waals surface area contributed by atoms with Crippen molar-refractivity contribution in [3.63, 3.8) is 0 Å². The van der Waals surface area contributed by atoms with Crippen LogP contribution in [0.15, 0.2) is 40.9 Å². The molecule has 0 radical (unpaired) electrons. The van der Waals surface area contributed by atoms with E-state index in [1.165, 1.54) is 0 Å². The largest absolute Gasteiger partial charge is 0.367 e. The fourth-order valence-corrected chi connectivity index (χ4v) is 1.95. The van der Waals surface area contributed by atoms with Crippen molar-refractivity contribution in [3.8, 4) is 0 Å². The van der Waals surface area contributed by atoms with Crippen LogP contribution in [0.2, 0.25) is 0 Å². The van der Waals surface area contributed by atoms with Crippen LogP contribution < -0.4 is 10.6 Å². The molecule has 1 heterocycles. The lowest BCUT2D eigenvalue weighted by Gasteiger charge is -2.10. The second kappa shape index (κ2) is 7.86. The van der Waals surface area contributed by atoms with Crippen LogP contribution >= 0.6 is 15.9 Å². The molecule has 0 saturated carbocycles. The molecular weight excluding hydrogens is 346 g/mol. The Labute approximate surface area is 138 Å². The maximum Gasteiger partial charge on any atom is 0.256 e. The summed E-state index contributed by atoms with van der Waals surface area (Å²) in [6, 6.07) is 10.6. The number of nitrogens with zero attached hydrogens (tertiary/aromatic N) is 3. The molecule has 0 spiro atoms. The first-order valence-electron chi connectivity index (χ1n) is 6.84. The van der Waals surface area contributed by atoms with Crippen molar-refractivity contribution < 1.29 is 4.79 Å². The summed E-state index contributed by atoms with van der Waals surface area (Å²) >= 11 is 3.33. The summed E-state index contributed by atoms with van der Waals surface area (Å²) in [5.41, 5.74) is 0.568. The Morgan fingerprint density at radius 3 is 2.32 bits per heavy atom. The molecule has 2 rings (SSSR count). The van der Waals surface area contributed by atoms with E-state index in [0.29, 0.717) is 17.2 Å². The Kier molecular flexibility index (Phi) is 5.85.